The summed E-state index contributed by atoms with van der Waals surface area (Å²) in [5.74, 6) is 0. The number of unbranched alkanes of at least 4 members (excludes halogenated alkanes) is 1. The summed E-state index contributed by atoms with van der Waals surface area (Å²) in [6.07, 6.45) is -1.76. The maximum atomic E-state index is 13.0. The summed E-state index contributed by atoms with van der Waals surface area (Å²) in [6, 6.07) is 13.3. The Hall–Kier alpha value is -2.27. The highest BCUT2D eigenvalue weighted by molar-refractivity contribution is 5.90. The molecule has 0 saturated carbocycles. The quantitative estimate of drug-likeness (QED) is 0.625. The Morgan fingerprint density at radius 3 is 2.50 bits per heavy atom. The van der Waals surface area contributed by atoms with Crippen LogP contribution in [0.1, 0.15) is 24.0 Å². The normalized spacial score (nSPS) is 12.0. The van der Waals surface area contributed by atoms with Gasteiger partial charge in [0.25, 0.3) is 0 Å². The molecule has 3 N–H and O–H groups in total. The van der Waals surface area contributed by atoms with Gasteiger partial charge in [-0.05, 0) is 55.1 Å². The molecule has 0 radical (unpaired) electrons. The molecule has 2 nitrogen and oxygen atoms in total. The van der Waals surface area contributed by atoms with E-state index in [1.54, 1.807) is 6.07 Å². The van der Waals surface area contributed by atoms with E-state index >= 15 is 0 Å². The fourth-order valence-corrected chi connectivity index (χ4v) is 3.00. The summed E-state index contributed by atoms with van der Waals surface area (Å²) < 4.78 is 39.0. The van der Waals surface area contributed by atoms with E-state index in [2.05, 4.69) is 4.98 Å². The van der Waals surface area contributed by atoms with Crippen molar-refractivity contribution < 1.29 is 13.2 Å². The van der Waals surface area contributed by atoms with E-state index in [9.17, 15) is 13.2 Å². The first-order valence-corrected chi connectivity index (χ1v) is 7.98. The SMILES string of the molecule is NCCCCc1c(-c2cccc(C(F)(F)F)c2)[nH]c2ccccc12. The van der Waals surface area contributed by atoms with Gasteiger partial charge in [0.1, 0.15) is 0 Å². The molecular weight excluding hydrogens is 313 g/mol. The number of halogens is 3. The lowest BCUT2D eigenvalue weighted by atomic mass is 9.99. The maximum absolute atomic E-state index is 13.0. The third-order valence-corrected chi connectivity index (χ3v) is 4.17. The van der Waals surface area contributed by atoms with Gasteiger partial charge in [0.2, 0.25) is 0 Å². The monoisotopic (exact) mass is 332 g/mol. The summed E-state index contributed by atoms with van der Waals surface area (Å²) in [7, 11) is 0. The van der Waals surface area contributed by atoms with Crippen molar-refractivity contribution in [2.75, 3.05) is 6.54 Å². The molecule has 3 rings (SSSR count). The molecule has 0 aliphatic heterocycles. The van der Waals surface area contributed by atoms with Gasteiger partial charge in [0, 0.05) is 16.6 Å². The Kier molecular flexibility index (Phi) is 4.62. The lowest BCUT2D eigenvalue weighted by Gasteiger charge is -2.10. The number of hydrogen-bond acceptors (Lipinski definition) is 1. The zero-order chi connectivity index (χ0) is 17.2. The molecule has 0 fully saturated rings. The molecule has 0 amide bonds. The average molecular weight is 332 g/mol. The largest absolute Gasteiger partial charge is 0.416 e. The van der Waals surface area contributed by atoms with Crippen LogP contribution in [0.3, 0.4) is 0 Å². The zero-order valence-electron chi connectivity index (χ0n) is 13.2. The van der Waals surface area contributed by atoms with Gasteiger partial charge < -0.3 is 10.7 Å². The van der Waals surface area contributed by atoms with Crippen LogP contribution < -0.4 is 5.73 Å². The number of para-hydroxylation sites is 1. The van der Waals surface area contributed by atoms with Crippen molar-refractivity contribution in [1.82, 2.24) is 4.98 Å². The lowest BCUT2D eigenvalue weighted by Crippen LogP contribution is -2.04. The van der Waals surface area contributed by atoms with Crippen molar-refractivity contribution >= 4 is 10.9 Å². The first-order valence-electron chi connectivity index (χ1n) is 7.98. The van der Waals surface area contributed by atoms with Crippen molar-refractivity contribution in [2.45, 2.75) is 25.4 Å². The van der Waals surface area contributed by atoms with Crippen LogP contribution in [0.2, 0.25) is 0 Å². The smallest absolute Gasteiger partial charge is 0.354 e. The number of hydrogen-bond donors (Lipinski definition) is 2. The summed E-state index contributed by atoms with van der Waals surface area (Å²) in [5, 5.41) is 1.06. The van der Waals surface area contributed by atoms with Crippen LogP contribution in [0.4, 0.5) is 13.2 Å². The van der Waals surface area contributed by atoms with Gasteiger partial charge >= 0.3 is 6.18 Å². The molecule has 0 spiro atoms. The summed E-state index contributed by atoms with van der Waals surface area (Å²) in [6.45, 7) is 0.612. The van der Waals surface area contributed by atoms with Gasteiger partial charge in [-0.25, -0.2) is 0 Å². The van der Waals surface area contributed by atoms with Crippen molar-refractivity contribution in [3.8, 4) is 11.3 Å². The van der Waals surface area contributed by atoms with E-state index < -0.39 is 11.7 Å². The highest BCUT2D eigenvalue weighted by atomic mass is 19.4. The molecule has 24 heavy (non-hydrogen) atoms. The standard InChI is InChI=1S/C19H19F3N2/c20-19(21,22)14-7-5-6-13(12-14)18-16(9-3-4-11-23)15-8-1-2-10-17(15)24-18/h1-2,5-8,10,12,24H,3-4,9,11,23H2. The number of aromatic nitrogens is 1. The van der Waals surface area contributed by atoms with E-state index in [0.717, 1.165) is 47.5 Å². The topological polar surface area (TPSA) is 41.8 Å². The Morgan fingerprint density at radius 2 is 1.75 bits per heavy atom. The number of nitrogens with two attached hydrogens (primary N) is 1. The summed E-state index contributed by atoms with van der Waals surface area (Å²) in [5.41, 5.74) is 8.25. The minimum absolute atomic E-state index is 0.559. The summed E-state index contributed by atoms with van der Waals surface area (Å²) >= 11 is 0. The molecule has 0 atom stereocenters. The fourth-order valence-electron chi connectivity index (χ4n) is 3.00. The van der Waals surface area contributed by atoms with Crippen LogP contribution in [-0.2, 0) is 12.6 Å². The van der Waals surface area contributed by atoms with Crippen molar-refractivity contribution in [3.63, 3.8) is 0 Å². The molecule has 5 heteroatoms. The minimum Gasteiger partial charge on any atom is -0.354 e. The summed E-state index contributed by atoms with van der Waals surface area (Å²) in [4.78, 5) is 3.29. The highest BCUT2D eigenvalue weighted by Crippen LogP contribution is 2.35. The molecule has 0 unspecified atom stereocenters. The van der Waals surface area contributed by atoms with Crippen LogP contribution in [0.25, 0.3) is 22.2 Å². The van der Waals surface area contributed by atoms with Crippen LogP contribution in [-0.4, -0.2) is 11.5 Å². The van der Waals surface area contributed by atoms with Gasteiger partial charge in [-0.3, -0.25) is 0 Å². The molecule has 126 valence electrons. The van der Waals surface area contributed by atoms with Crippen molar-refractivity contribution in [2.24, 2.45) is 5.73 Å². The van der Waals surface area contributed by atoms with Gasteiger partial charge in [-0.15, -0.1) is 0 Å². The Labute approximate surface area is 138 Å². The van der Waals surface area contributed by atoms with Crippen LogP contribution in [0.15, 0.2) is 48.5 Å². The molecule has 2 aromatic carbocycles. The number of rotatable bonds is 5. The van der Waals surface area contributed by atoms with E-state index in [1.807, 2.05) is 24.3 Å². The van der Waals surface area contributed by atoms with Crippen LogP contribution >= 0.6 is 0 Å². The number of alkyl halides is 3. The van der Waals surface area contributed by atoms with Crippen LogP contribution in [0, 0.1) is 0 Å². The van der Waals surface area contributed by atoms with E-state index in [-0.39, 0.29) is 0 Å². The van der Waals surface area contributed by atoms with Gasteiger partial charge in [0.05, 0.1) is 5.56 Å². The number of nitrogens with one attached hydrogen (secondary N) is 1. The lowest BCUT2D eigenvalue weighted by molar-refractivity contribution is -0.137. The third kappa shape index (κ3) is 3.31. The number of aromatic amines is 1. The predicted octanol–water partition coefficient (Wildman–Crippen LogP) is 5.14. The highest BCUT2D eigenvalue weighted by Gasteiger charge is 2.30. The van der Waals surface area contributed by atoms with E-state index in [4.69, 9.17) is 5.73 Å². The first kappa shape index (κ1) is 16.6. The molecule has 0 aliphatic carbocycles. The molecule has 0 bridgehead atoms. The zero-order valence-corrected chi connectivity index (χ0v) is 13.2. The molecule has 3 aromatic rings. The number of H-pyrrole nitrogens is 1. The molecule has 1 aromatic heterocycles. The number of benzene rings is 2. The fraction of sp³-hybridized carbons (Fsp3) is 0.263. The Morgan fingerprint density at radius 1 is 0.958 bits per heavy atom. The molecule has 1 heterocycles. The maximum Gasteiger partial charge on any atom is 0.416 e. The van der Waals surface area contributed by atoms with Crippen molar-refractivity contribution in [3.05, 3.63) is 59.7 Å². The second-order valence-electron chi connectivity index (χ2n) is 5.85. The number of fused-ring (bicyclic) bond motifs is 1. The van der Waals surface area contributed by atoms with Gasteiger partial charge in [-0.2, -0.15) is 13.2 Å². The van der Waals surface area contributed by atoms with E-state index in [1.165, 1.54) is 12.1 Å². The van der Waals surface area contributed by atoms with Crippen LogP contribution in [0.5, 0.6) is 0 Å². The predicted molar refractivity (Wildman–Crippen MR) is 90.7 cm³/mol. The average Bonchev–Trinajstić information content (AvgIpc) is 2.93. The third-order valence-electron chi connectivity index (χ3n) is 4.17. The van der Waals surface area contributed by atoms with Gasteiger partial charge in [0.15, 0.2) is 0 Å². The van der Waals surface area contributed by atoms with Crippen molar-refractivity contribution in [1.29, 1.82) is 0 Å². The van der Waals surface area contributed by atoms with Gasteiger partial charge in [-0.1, -0.05) is 30.3 Å². The Balaban J connectivity index is 2.10. The minimum atomic E-state index is -4.35. The molecular formula is C19H19F3N2. The number of aryl methyl sites for hydroxylation is 1. The molecule has 0 saturated heterocycles. The molecule has 0 aliphatic rings. The second kappa shape index (κ2) is 6.69. The first-order chi connectivity index (χ1) is 11.5. The van der Waals surface area contributed by atoms with E-state index in [0.29, 0.717) is 12.1 Å². The second-order valence-corrected chi connectivity index (χ2v) is 5.85. The Bertz CT molecular complexity index is 834.